The van der Waals surface area contributed by atoms with Gasteiger partial charge >= 0.3 is 5.97 Å². The van der Waals surface area contributed by atoms with Crippen LogP contribution < -0.4 is 5.32 Å². The second-order valence-corrected chi connectivity index (χ2v) is 8.08. The predicted molar refractivity (Wildman–Crippen MR) is 85.8 cm³/mol. The smallest absolute Gasteiger partial charge is 0.327 e. The van der Waals surface area contributed by atoms with E-state index in [-0.39, 0.29) is 23.6 Å². The fourth-order valence-electron chi connectivity index (χ4n) is 3.15. The first-order chi connectivity index (χ1) is 10.8. The summed E-state index contributed by atoms with van der Waals surface area (Å²) in [6.07, 6.45) is 0.202. The number of aliphatic carboxylic acids is 1. The lowest BCUT2D eigenvalue weighted by Crippen LogP contribution is -2.70. The molecule has 0 bridgehead atoms. The van der Waals surface area contributed by atoms with Crippen molar-refractivity contribution in [3.8, 4) is 0 Å². The summed E-state index contributed by atoms with van der Waals surface area (Å²) in [6, 6.07) is 7.78. The van der Waals surface area contributed by atoms with E-state index >= 15 is 0 Å². The fourth-order valence-corrected chi connectivity index (χ4v) is 4.78. The molecule has 6 nitrogen and oxygen atoms in total. The molecule has 122 valence electrons. The van der Waals surface area contributed by atoms with Crippen LogP contribution in [-0.4, -0.2) is 50.0 Å². The number of carboxylic acid groups (broad SMARTS) is 1. The second kappa shape index (κ2) is 5.56. The van der Waals surface area contributed by atoms with Gasteiger partial charge in [0.1, 0.15) is 17.5 Å². The van der Waals surface area contributed by atoms with Gasteiger partial charge in [-0.2, -0.15) is 0 Å². The average Bonchev–Trinajstić information content (AvgIpc) is 2.74. The van der Waals surface area contributed by atoms with Gasteiger partial charge in [-0.25, -0.2) is 4.79 Å². The quantitative estimate of drug-likeness (QED) is 0.798. The molecule has 0 saturated carbocycles. The predicted octanol–water partition coefficient (Wildman–Crippen LogP) is 0.861. The van der Waals surface area contributed by atoms with Gasteiger partial charge in [0.05, 0.1) is 6.42 Å². The normalized spacial score (nSPS) is 28.0. The topological polar surface area (TPSA) is 86.7 Å². The van der Waals surface area contributed by atoms with Crippen LogP contribution in [0.2, 0.25) is 0 Å². The number of thioether (sulfide) groups is 1. The second-order valence-electron chi connectivity index (χ2n) is 6.31. The number of rotatable bonds is 4. The number of carboxylic acids is 1. The average molecular weight is 334 g/mol. The molecule has 2 heterocycles. The van der Waals surface area contributed by atoms with Crippen molar-refractivity contribution in [2.45, 2.75) is 42.5 Å². The summed E-state index contributed by atoms with van der Waals surface area (Å²) in [5.41, 5.74) is 0.872. The number of hydrogen-bond acceptors (Lipinski definition) is 4. The first-order valence-electron chi connectivity index (χ1n) is 7.37. The van der Waals surface area contributed by atoms with Crippen LogP contribution in [0, 0.1) is 0 Å². The summed E-state index contributed by atoms with van der Waals surface area (Å²) >= 11 is 1.42. The van der Waals surface area contributed by atoms with Gasteiger partial charge in [-0.05, 0) is 19.4 Å². The maximum Gasteiger partial charge on any atom is 0.327 e. The summed E-state index contributed by atoms with van der Waals surface area (Å²) in [5, 5.41) is 11.8. The minimum absolute atomic E-state index is 0.202. The minimum Gasteiger partial charge on any atom is -0.480 e. The molecule has 2 N–H and O–H groups in total. The molecule has 0 radical (unpaired) electrons. The van der Waals surface area contributed by atoms with Crippen LogP contribution in [-0.2, 0) is 20.8 Å². The summed E-state index contributed by atoms with van der Waals surface area (Å²) in [6.45, 7) is 3.62. The zero-order valence-electron chi connectivity index (χ0n) is 12.9. The Bertz CT molecular complexity index is 661. The third kappa shape index (κ3) is 2.69. The third-order valence-corrected chi connectivity index (χ3v) is 5.77. The molecule has 2 aliphatic heterocycles. The van der Waals surface area contributed by atoms with Gasteiger partial charge in [0.25, 0.3) is 0 Å². The van der Waals surface area contributed by atoms with Gasteiger partial charge in [-0.3, -0.25) is 9.59 Å². The standard InChI is InChI=1S/C16H18N2O4S/c1-16(2)12(15(21)22)18-13(20)11(14(18)23-16)17-10(19)8-9-6-4-3-5-7-9/h3-7,11-12,14H,8H2,1-2H3,(H,17,19)(H,21,22)/t11-,12-,14-/m1/s1. The van der Waals surface area contributed by atoms with Crippen molar-refractivity contribution in [1.82, 2.24) is 10.2 Å². The molecule has 7 heteroatoms. The van der Waals surface area contributed by atoms with Crippen LogP contribution in [0.5, 0.6) is 0 Å². The lowest BCUT2D eigenvalue weighted by molar-refractivity contribution is -0.161. The van der Waals surface area contributed by atoms with E-state index in [1.807, 2.05) is 44.2 Å². The van der Waals surface area contributed by atoms with E-state index in [2.05, 4.69) is 5.32 Å². The number of amides is 2. The summed E-state index contributed by atoms with van der Waals surface area (Å²) in [7, 11) is 0. The van der Waals surface area contributed by atoms with Crippen molar-refractivity contribution >= 4 is 29.5 Å². The molecule has 3 rings (SSSR count). The van der Waals surface area contributed by atoms with Crippen molar-refractivity contribution in [3.05, 3.63) is 35.9 Å². The lowest BCUT2D eigenvalue weighted by atomic mass is 9.96. The van der Waals surface area contributed by atoms with Gasteiger partial charge in [0, 0.05) is 4.75 Å². The molecule has 2 aliphatic rings. The molecule has 2 fully saturated rings. The van der Waals surface area contributed by atoms with E-state index in [0.717, 1.165) is 5.56 Å². The van der Waals surface area contributed by atoms with Crippen molar-refractivity contribution in [2.24, 2.45) is 0 Å². The van der Waals surface area contributed by atoms with E-state index in [1.165, 1.54) is 16.7 Å². The molecule has 0 aliphatic carbocycles. The van der Waals surface area contributed by atoms with Gasteiger partial charge in [-0.1, -0.05) is 30.3 Å². The Hall–Kier alpha value is -2.02. The molecular weight excluding hydrogens is 316 g/mol. The van der Waals surface area contributed by atoms with Gasteiger partial charge in [0.15, 0.2) is 0 Å². The number of hydrogen-bond donors (Lipinski definition) is 2. The summed E-state index contributed by atoms with van der Waals surface area (Å²) in [4.78, 5) is 37.2. The van der Waals surface area contributed by atoms with Gasteiger partial charge < -0.3 is 15.3 Å². The number of carbonyl (C=O) groups is 3. The molecule has 0 unspecified atom stereocenters. The third-order valence-electron chi connectivity index (χ3n) is 4.20. The Kier molecular flexibility index (Phi) is 3.83. The Morgan fingerprint density at radius 2 is 1.96 bits per heavy atom. The number of fused-ring (bicyclic) bond motifs is 1. The highest BCUT2D eigenvalue weighted by Gasteiger charge is 2.64. The molecule has 0 spiro atoms. The summed E-state index contributed by atoms with van der Waals surface area (Å²) in [5.74, 6) is -1.55. The molecule has 23 heavy (non-hydrogen) atoms. The van der Waals surface area contributed by atoms with Gasteiger partial charge in [-0.15, -0.1) is 11.8 Å². The number of benzene rings is 1. The van der Waals surface area contributed by atoms with E-state index in [0.29, 0.717) is 0 Å². The van der Waals surface area contributed by atoms with Crippen molar-refractivity contribution in [2.75, 3.05) is 0 Å². The molecule has 2 saturated heterocycles. The van der Waals surface area contributed by atoms with E-state index in [9.17, 15) is 19.5 Å². The van der Waals surface area contributed by atoms with Crippen LogP contribution in [0.3, 0.4) is 0 Å². The number of nitrogens with one attached hydrogen (secondary N) is 1. The van der Waals surface area contributed by atoms with Crippen LogP contribution in [0.25, 0.3) is 0 Å². The monoisotopic (exact) mass is 334 g/mol. The van der Waals surface area contributed by atoms with E-state index in [4.69, 9.17) is 0 Å². The molecule has 2 amide bonds. The summed E-state index contributed by atoms with van der Waals surface area (Å²) < 4.78 is -0.578. The number of carbonyl (C=O) groups excluding carboxylic acids is 2. The molecule has 3 atom stereocenters. The lowest BCUT2D eigenvalue weighted by Gasteiger charge is -2.43. The SMILES string of the molecule is CC1(C)S[C@@H]2[C@H](NC(=O)Cc3ccccc3)C(=O)N2[C@@H]1C(=O)O. The fraction of sp³-hybridized carbons (Fsp3) is 0.438. The maximum atomic E-state index is 12.3. The molecular formula is C16H18N2O4S. The number of nitrogens with zero attached hydrogens (tertiary/aromatic N) is 1. The number of β-lactam (4-membered cyclic amide) rings is 1. The maximum absolute atomic E-state index is 12.3. The van der Waals surface area contributed by atoms with E-state index < -0.39 is 22.8 Å². The first-order valence-corrected chi connectivity index (χ1v) is 8.25. The Balaban J connectivity index is 1.66. The van der Waals surface area contributed by atoms with Crippen LogP contribution >= 0.6 is 11.8 Å². The van der Waals surface area contributed by atoms with Crippen molar-refractivity contribution in [3.63, 3.8) is 0 Å². The van der Waals surface area contributed by atoms with Crippen LogP contribution in [0.4, 0.5) is 0 Å². The zero-order chi connectivity index (χ0) is 16.8. The molecule has 1 aromatic rings. The highest BCUT2D eigenvalue weighted by molar-refractivity contribution is 8.01. The first kappa shape index (κ1) is 15.9. The zero-order valence-corrected chi connectivity index (χ0v) is 13.7. The van der Waals surface area contributed by atoms with Crippen LogP contribution in [0.15, 0.2) is 30.3 Å². The van der Waals surface area contributed by atoms with Crippen molar-refractivity contribution < 1.29 is 19.5 Å². The highest BCUT2D eigenvalue weighted by atomic mass is 32.2. The Morgan fingerprint density at radius 3 is 2.57 bits per heavy atom. The van der Waals surface area contributed by atoms with Gasteiger partial charge in [0.2, 0.25) is 11.8 Å². The highest BCUT2D eigenvalue weighted by Crippen LogP contribution is 2.50. The van der Waals surface area contributed by atoms with Crippen molar-refractivity contribution in [1.29, 1.82) is 0 Å². The minimum atomic E-state index is -1.01. The molecule has 1 aromatic carbocycles. The molecule has 0 aromatic heterocycles. The van der Waals surface area contributed by atoms with E-state index in [1.54, 1.807) is 0 Å². The Labute approximate surface area is 138 Å². The Morgan fingerprint density at radius 1 is 1.30 bits per heavy atom. The van der Waals surface area contributed by atoms with Crippen LogP contribution in [0.1, 0.15) is 19.4 Å². The largest absolute Gasteiger partial charge is 0.480 e.